The summed E-state index contributed by atoms with van der Waals surface area (Å²) in [5.41, 5.74) is 3.58. The monoisotopic (exact) mass is 297 g/mol. The molecule has 0 saturated heterocycles. The Bertz CT molecular complexity index is 782. The quantitative estimate of drug-likeness (QED) is 0.716. The second-order valence-corrected chi connectivity index (χ2v) is 7.35. The SMILES string of the molecule is Cc1ncc(-c2cnc3cccc(CC(C)C4CC4)n23)s1. The summed E-state index contributed by atoms with van der Waals surface area (Å²) in [4.78, 5) is 10.2. The van der Waals surface area contributed by atoms with E-state index in [4.69, 9.17) is 0 Å². The van der Waals surface area contributed by atoms with Crippen LogP contribution in [0.3, 0.4) is 0 Å². The highest BCUT2D eigenvalue weighted by molar-refractivity contribution is 7.15. The first-order valence-corrected chi connectivity index (χ1v) is 8.42. The molecule has 21 heavy (non-hydrogen) atoms. The molecule has 3 heterocycles. The molecule has 1 unspecified atom stereocenters. The first-order chi connectivity index (χ1) is 10.2. The van der Waals surface area contributed by atoms with Gasteiger partial charge in [0.15, 0.2) is 0 Å². The molecule has 1 atom stereocenters. The molecule has 0 bridgehead atoms. The largest absolute Gasteiger partial charge is 0.296 e. The Morgan fingerprint density at radius 1 is 1.29 bits per heavy atom. The fraction of sp³-hybridized carbons (Fsp3) is 0.412. The molecule has 4 rings (SSSR count). The topological polar surface area (TPSA) is 30.2 Å². The van der Waals surface area contributed by atoms with Gasteiger partial charge in [0.2, 0.25) is 0 Å². The highest BCUT2D eigenvalue weighted by Gasteiger charge is 2.28. The number of thiazole rings is 1. The molecule has 3 nitrogen and oxygen atoms in total. The third-order valence-corrected chi connectivity index (χ3v) is 5.38. The number of fused-ring (bicyclic) bond motifs is 1. The lowest BCUT2D eigenvalue weighted by atomic mass is 10.00. The maximum Gasteiger partial charge on any atom is 0.137 e. The van der Waals surface area contributed by atoms with E-state index in [-0.39, 0.29) is 0 Å². The lowest BCUT2D eigenvalue weighted by molar-refractivity contribution is 0.499. The van der Waals surface area contributed by atoms with Crippen LogP contribution in [0.2, 0.25) is 0 Å². The van der Waals surface area contributed by atoms with Gasteiger partial charge in [-0.05, 0) is 50.2 Å². The molecule has 0 aromatic carbocycles. The molecule has 0 amide bonds. The van der Waals surface area contributed by atoms with Crippen LogP contribution >= 0.6 is 11.3 Å². The van der Waals surface area contributed by atoms with Crippen molar-refractivity contribution in [2.45, 2.75) is 33.1 Å². The maximum atomic E-state index is 4.57. The molecule has 0 radical (unpaired) electrons. The number of nitrogens with zero attached hydrogens (tertiary/aromatic N) is 3. The Morgan fingerprint density at radius 3 is 2.86 bits per heavy atom. The molecule has 3 aromatic rings. The first kappa shape index (κ1) is 13.0. The van der Waals surface area contributed by atoms with Gasteiger partial charge in [-0.3, -0.25) is 4.40 Å². The van der Waals surface area contributed by atoms with E-state index < -0.39 is 0 Å². The van der Waals surface area contributed by atoms with Gasteiger partial charge in [-0.25, -0.2) is 9.97 Å². The molecular formula is C17H19N3S. The molecule has 3 aromatic heterocycles. The summed E-state index contributed by atoms with van der Waals surface area (Å²) >= 11 is 1.73. The predicted molar refractivity (Wildman–Crippen MR) is 86.6 cm³/mol. The average molecular weight is 297 g/mol. The molecule has 0 aliphatic heterocycles. The van der Waals surface area contributed by atoms with Crippen LogP contribution in [-0.2, 0) is 6.42 Å². The van der Waals surface area contributed by atoms with Gasteiger partial charge in [0.05, 0.1) is 21.8 Å². The van der Waals surface area contributed by atoms with Crippen molar-refractivity contribution in [2.75, 3.05) is 0 Å². The summed E-state index contributed by atoms with van der Waals surface area (Å²) in [6, 6.07) is 6.45. The predicted octanol–water partition coefficient (Wildman–Crippen LogP) is 4.35. The summed E-state index contributed by atoms with van der Waals surface area (Å²) in [5.74, 6) is 1.69. The highest BCUT2D eigenvalue weighted by atomic mass is 32.1. The van der Waals surface area contributed by atoms with Gasteiger partial charge in [-0.2, -0.15) is 0 Å². The van der Waals surface area contributed by atoms with Crippen LogP contribution in [0, 0.1) is 18.8 Å². The fourth-order valence-corrected chi connectivity index (χ4v) is 3.86. The number of hydrogen-bond donors (Lipinski definition) is 0. The standard InChI is InChI=1S/C17H19N3S/c1-11(13-6-7-13)8-14-4-3-5-17-19-9-15(20(14)17)16-10-18-12(2)21-16/h3-5,9-11,13H,6-8H2,1-2H3. The van der Waals surface area contributed by atoms with Gasteiger partial charge in [-0.1, -0.05) is 13.0 Å². The van der Waals surface area contributed by atoms with Crippen LogP contribution in [0.5, 0.6) is 0 Å². The van der Waals surface area contributed by atoms with E-state index in [2.05, 4.69) is 39.5 Å². The Balaban J connectivity index is 1.80. The molecule has 1 fully saturated rings. The summed E-state index contributed by atoms with van der Waals surface area (Å²) < 4.78 is 2.31. The van der Waals surface area contributed by atoms with Crippen molar-refractivity contribution in [1.82, 2.24) is 14.4 Å². The minimum Gasteiger partial charge on any atom is -0.296 e. The summed E-state index contributed by atoms with van der Waals surface area (Å²) in [5, 5.41) is 1.10. The molecular weight excluding hydrogens is 278 g/mol. The molecule has 1 saturated carbocycles. The van der Waals surface area contributed by atoms with E-state index in [1.54, 1.807) is 11.3 Å². The third kappa shape index (κ3) is 2.38. The fourth-order valence-electron chi connectivity index (χ4n) is 3.08. The molecule has 0 N–H and O–H groups in total. The minimum atomic E-state index is 0.758. The van der Waals surface area contributed by atoms with Crippen LogP contribution in [-0.4, -0.2) is 14.4 Å². The number of aryl methyl sites for hydroxylation is 1. The van der Waals surface area contributed by atoms with E-state index in [1.807, 2.05) is 19.3 Å². The van der Waals surface area contributed by atoms with Crippen molar-refractivity contribution in [3.05, 3.63) is 41.3 Å². The smallest absolute Gasteiger partial charge is 0.137 e. The zero-order chi connectivity index (χ0) is 14.4. The second kappa shape index (κ2) is 4.95. The maximum absolute atomic E-state index is 4.57. The van der Waals surface area contributed by atoms with Crippen molar-refractivity contribution in [3.8, 4) is 10.6 Å². The highest BCUT2D eigenvalue weighted by Crippen LogP contribution is 2.38. The summed E-state index contributed by atoms with van der Waals surface area (Å²) in [6.07, 6.45) is 7.88. The van der Waals surface area contributed by atoms with E-state index in [1.165, 1.54) is 29.1 Å². The number of rotatable bonds is 4. The van der Waals surface area contributed by atoms with Crippen LogP contribution in [0.4, 0.5) is 0 Å². The molecule has 1 aliphatic carbocycles. The van der Waals surface area contributed by atoms with Gasteiger partial charge >= 0.3 is 0 Å². The molecule has 108 valence electrons. The van der Waals surface area contributed by atoms with Gasteiger partial charge < -0.3 is 0 Å². The Kier molecular flexibility index (Phi) is 3.07. The normalized spacial score (nSPS) is 16.5. The third-order valence-electron chi connectivity index (χ3n) is 4.44. The van der Waals surface area contributed by atoms with E-state index in [0.29, 0.717) is 0 Å². The summed E-state index contributed by atoms with van der Waals surface area (Å²) in [7, 11) is 0. The van der Waals surface area contributed by atoms with Crippen LogP contribution < -0.4 is 0 Å². The molecule has 4 heteroatoms. The Morgan fingerprint density at radius 2 is 2.14 bits per heavy atom. The van der Waals surface area contributed by atoms with Crippen molar-refractivity contribution >= 4 is 17.0 Å². The first-order valence-electron chi connectivity index (χ1n) is 7.60. The van der Waals surface area contributed by atoms with E-state index in [0.717, 1.165) is 28.9 Å². The van der Waals surface area contributed by atoms with E-state index >= 15 is 0 Å². The van der Waals surface area contributed by atoms with Crippen LogP contribution in [0.25, 0.3) is 16.2 Å². The average Bonchev–Trinajstić information content (AvgIpc) is 3.10. The number of imidazole rings is 1. The Hall–Kier alpha value is -1.68. The van der Waals surface area contributed by atoms with Gasteiger partial charge in [0.25, 0.3) is 0 Å². The van der Waals surface area contributed by atoms with Gasteiger partial charge in [-0.15, -0.1) is 11.3 Å². The van der Waals surface area contributed by atoms with Gasteiger partial charge in [0, 0.05) is 11.9 Å². The molecule has 0 spiro atoms. The van der Waals surface area contributed by atoms with Crippen LogP contribution in [0.1, 0.15) is 30.5 Å². The number of hydrogen-bond acceptors (Lipinski definition) is 3. The van der Waals surface area contributed by atoms with Crippen molar-refractivity contribution in [3.63, 3.8) is 0 Å². The van der Waals surface area contributed by atoms with Crippen molar-refractivity contribution in [2.24, 2.45) is 11.8 Å². The Labute approximate surface area is 128 Å². The van der Waals surface area contributed by atoms with Crippen LogP contribution in [0.15, 0.2) is 30.6 Å². The lowest BCUT2D eigenvalue weighted by Crippen LogP contribution is -2.06. The molecule has 1 aliphatic rings. The second-order valence-electron chi connectivity index (χ2n) is 6.12. The van der Waals surface area contributed by atoms with E-state index in [9.17, 15) is 0 Å². The minimum absolute atomic E-state index is 0.758. The van der Waals surface area contributed by atoms with Gasteiger partial charge in [0.1, 0.15) is 5.65 Å². The zero-order valence-corrected chi connectivity index (χ0v) is 13.2. The van der Waals surface area contributed by atoms with Crippen molar-refractivity contribution < 1.29 is 0 Å². The lowest BCUT2D eigenvalue weighted by Gasteiger charge is -2.13. The number of pyridine rings is 1. The van der Waals surface area contributed by atoms with Crippen molar-refractivity contribution in [1.29, 1.82) is 0 Å². The summed E-state index contributed by atoms with van der Waals surface area (Å²) in [6.45, 7) is 4.43. The number of aromatic nitrogens is 3. The zero-order valence-electron chi connectivity index (χ0n) is 12.4.